The Balaban J connectivity index is 0.00000308. The van der Waals surface area contributed by atoms with Crippen molar-refractivity contribution in [1.82, 2.24) is 4.98 Å². The van der Waals surface area contributed by atoms with Crippen LogP contribution in [0.1, 0.15) is 5.56 Å². The highest BCUT2D eigenvalue weighted by Gasteiger charge is 2.18. The molecule has 6 rings (SSSR count). The van der Waals surface area contributed by atoms with Gasteiger partial charge in [0.05, 0.1) is 15.1 Å². The Hall–Kier alpha value is -3.70. The lowest BCUT2D eigenvalue weighted by molar-refractivity contribution is -0.384. The van der Waals surface area contributed by atoms with Crippen LogP contribution in [0.3, 0.4) is 0 Å². The number of aromatic nitrogens is 1. The van der Waals surface area contributed by atoms with Crippen LogP contribution in [0, 0.1) is 17.0 Å². The molecule has 0 aliphatic heterocycles. The second-order valence-electron chi connectivity index (χ2n) is 9.03. The van der Waals surface area contributed by atoms with Crippen molar-refractivity contribution in [2.24, 2.45) is 0 Å². The van der Waals surface area contributed by atoms with Crippen LogP contribution in [0.4, 0.5) is 5.69 Å². The fraction of sp³-hybridized carbons (Fsp3) is 0.0312. The Labute approximate surface area is 242 Å². The molecule has 0 saturated heterocycles. The maximum atomic E-state index is 11.2. The van der Waals surface area contributed by atoms with Crippen LogP contribution in [-0.4, -0.2) is 9.91 Å². The number of non-ortho nitro benzene ring substituents is 1. The molecular weight excluding hydrogens is 587 g/mol. The summed E-state index contributed by atoms with van der Waals surface area (Å²) in [5.41, 5.74) is 5.10. The highest BCUT2D eigenvalue weighted by molar-refractivity contribution is 8.93. The van der Waals surface area contributed by atoms with Gasteiger partial charge in [0.25, 0.3) is 5.69 Å². The summed E-state index contributed by atoms with van der Waals surface area (Å²) in [6, 6.07) is 41.5. The van der Waals surface area contributed by atoms with E-state index in [1.807, 2.05) is 0 Å². The summed E-state index contributed by atoms with van der Waals surface area (Å²) in [7, 11) is -0.672. The molecule has 0 N–H and O–H groups in total. The van der Waals surface area contributed by atoms with Crippen LogP contribution in [0.25, 0.3) is 31.9 Å². The van der Waals surface area contributed by atoms with Crippen LogP contribution >= 0.6 is 36.2 Å². The summed E-state index contributed by atoms with van der Waals surface area (Å²) in [4.78, 5) is 15.7. The van der Waals surface area contributed by atoms with E-state index in [-0.39, 0.29) is 27.6 Å². The van der Waals surface area contributed by atoms with Crippen LogP contribution in [0.2, 0.25) is 0 Å². The minimum atomic E-state index is -0.672. The minimum Gasteiger partial charge on any atom is -0.258 e. The summed E-state index contributed by atoms with van der Waals surface area (Å²) in [6.45, 7) is 2.07. The monoisotopic (exact) mass is 610 g/mol. The van der Waals surface area contributed by atoms with Crippen LogP contribution in [-0.2, 0) is 0 Å². The van der Waals surface area contributed by atoms with Crippen molar-refractivity contribution in [3.05, 3.63) is 137 Å². The molecule has 0 spiro atoms. The second kappa shape index (κ2) is 11.6. The predicted octanol–water partition coefficient (Wildman–Crippen LogP) is 8.18. The Morgan fingerprint density at radius 2 is 1.33 bits per heavy atom. The van der Waals surface area contributed by atoms with E-state index in [2.05, 4.69) is 110 Å². The number of hydrogen-bond donors (Lipinski definition) is 0. The number of halogens is 1. The van der Waals surface area contributed by atoms with Crippen LogP contribution in [0.5, 0.6) is 0 Å². The second-order valence-corrected chi connectivity index (χ2v) is 12.3. The molecule has 4 nitrogen and oxygen atoms in total. The summed E-state index contributed by atoms with van der Waals surface area (Å²) in [6.07, 6.45) is 0. The van der Waals surface area contributed by atoms with Crippen molar-refractivity contribution in [3.63, 3.8) is 0 Å². The predicted molar refractivity (Wildman–Crippen MR) is 171 cm³/mol. The summed E-state index contributed by atoms with van der Waals surface area (Å²) >= 11 is 1.56. The Kier molecular flexibility index (Phi) is 7.99. The van der Waals surface area contributed by atoms with E-state index < -0.39 is 7.92 Å². The molecule has 0 fully saturated rings. The van der Waals surface area contributed by atoms with Crippen LogP contribution < -0.4 is 15.9 Å². The Bertz CT molecular complexity index is 1720. The molecule has 1 aromatic heterocycles. The van der Waals surface area contributed by atoms with Gasteiger partial charge in [0, 0.05) is 17.7 Å². The van der Waals surface area contributed by atoms with E-state index in [9.17, 15) is 10.1 Å². The molecule has 0 saturated carbocycles. The molecule has 0 radical (unpaired) electrons. The Morgan fingerprint density at radius 3 is 1.95 bits per heavy atom. The van der Waals surface area contributed by atoms with Crippen molar-refractivity contribution >= 4 is 68.1 Å². The van der Waals surface area contributed by atoms with Crippen molar-refractivity contribution in [3.8, 4) is 21.7 Å². The van der Waals surface area contributed by atoms with Crippen molar-refractivity contribution in [2.75, 3.05) is 0 Å². The molecule has 7 heteroatoms. The zero-order valence-corrected chi connectivity index (χ0v) is 24.4. The van der Waals surface area contributed by atoms with Gasteiger partial charge in [-0.05, 0) is 54.0 Å². The number of benzene rings is 5. The third kappa shape index (κ3) is 5.55. The quantitative estimate of drug-likeness (QED) is 0.108. The van der Waals surface area contributed by atoms with Crippen molar-refractivity contribution in [2.45, 2.75) is 6.92 Å². The number of nitrogens with zero attached hydrogens (tertiary/aromatic N) is 2. The largest absolute Gasteiger partial charge is 0.271 e. The third-order valence-electron chi connectivity index (χ3n) is 6.45. The molecule has 39 heavy (non-hydrogen) atoms. The summed E-state index contributed by atoms with van der Waals surface area (Å²) < 4.78 is 0.935. The summed E-state index contributed by atoms with van der Waals surface area (Å²) in [5, 5.41) is 16.0. The van der Waals surface area contributed by atoms with Gasteiger partial charge < -0.3 is 0 Å². The van der Waals surface area contributed by atoms with E-state index >= 15 is 0 Å². The number of hydrogen-bond acceptors (Lipinski definition) is 4. The zero-order chi connectivity index (χ0) is 26.1. The Morgan fingerprint density at radius 1 is 0.718 bits per heavy atom. The van der Waals surface area contributed by atoms with E-state index in [1.54, 1.807) is 23.5 Å². The molecule has 0 bridgehead atoms. The first-order chi connectivity index (χ1) is 18.6. The average Bonchev–Trinajstić information content (AvgIpc) is 3.38. The molecule has 1 heterocycles. The first kappa shape index (κ1) is 26.9. The number of rotatable bonds is 6. The van der Waals surface area contributed by atoms with E-state index in [4.69, 9.17) is 4.98 Å². The van der Waals surface area contributed by atoms with E-state index in [1.165, 1.54) is 22.0 Å². The lowest BCUT2D eigenvalue weighted by Gasteiger charge is -2.20. The molecule has 0 atom stereocenters. The molecule has 0 aliphatic carbocycles. The number of nitro benzene ring substituents is 1. The fourth-order valence-corrected chi connectivity index (χ4v) is 7.88. The third-order valence-corrected chi connectivity index (χ3v) is 9.97. The van der Waals surface area contributed by atoms with Gasteiger partial charge in [-0.3, -0.25) is 10.1 Å². The van der Waals surface area contributed by atoms with Gasteiger partial charge in [0.15, 0.2) is 0 Å². The number of nitro groups is 1. The first-order valence-corrected chi connectivity index (χ1v) is 14.4. The molecule has 6 aromatic rings. The zero-order valence-electron chi connectivity index (χ0n) is 21.0. The number of fused-ring (bicyclic) bond motifs is 1. The van der Waals surface area contributed by atoms with E-state index in [0.29, 0.717) is 5.52 Å². The maximum Gasteiger partial charge on any atom is 0.271 e. The van der Waals surface area contributed by atoms with Gasteiger partial charge in [-0.1, -0.05) is 103 Å². The molecule has 0 amide bonds. The molecule has 0 unspecified atom stereocenters. The highest BCUT2D eigenvalue weighted by Crippen LogP contribution is 2.39. The van der Waals surface area contributed by atoms with Gasteiger partial charge in [-0.15, -0.1) is 28.3 Å². The summed E-state index contributed by atoms with van der Waals surface area (Å²) in [5.74, 6) is 0. The molecule has 0 aliphatic rings. The molecular formula is C32H24BrN2O2PS. The lowest BCUT2D eigenvalue weighted by atomic mass is 9.98. The topological polar surface area (TPSA) is 56.0 Å². The fourth-order valence-electron chi connectivity index (χ4n) is 4.62. The number of aryl methyl sites for hydroxylation is 1. The van der Waals surface area contributed by atoms with Gasteiger partial charge in [-0.25, -0.2) is 4.98 Å². The van der Waals surface area contributed by atoms with Crippen molar-refractivity contribution < 1.29 is 4.92 Å². The average molecular weight is 612 g/mol. The number of thiazole rings is 1. The maximum absolute atomic E-state index is 11.2. The van der Waals surface area contributed by atoms with Gasteiger partial charge in [-0.2, -0.15) is 0 Å². The van der Waals surface area contributed by atoms with Crippen LogP contribution in [0.15, 0.2) is 121 Å². The van der Waals surface area contributed by atoms with Gasteiger partial charge in [0.2, 0.25) is 0 Å². The van der Waals surface area contributed by atoms with Gasteiger partial charge in [0.1, 0.15) is 5.01 Å². The van der Waals surface area contributed by atoms with E-state index in [0.717, 1.165) is 32.0 Å². The molecule has 5 aromatic carbocycles. The lowest BCUT2D eigenvalue weighted by Crippen LogP contribution is -2.20. The SMILES string of the molecule is Br.Cc1ccc(-c2ccc(P(c3ccccc3)c3ccccc3)cc2)c(-c2nc3cc([N+](=O)[O-])ccc3s2)c1. The normalized spacial score (nSPS) is 10.9. The first-order valence-electron chi connectivity index (χ1n) is 12.2. The minimum absolute atomic E-state index is 0. The molecule has 192 valence electrons. The van der Waals surface area contributed by atoms with Crippen molar-refractivity contribution in [1.29, 1.82) is 0 Å². The standard InChI is InChI=1S/C32H23N2O2PS.BrH/c1-22-12-18-28(29(20-22)32-33-30-21-24(34(35)36)15-19-31(30)38-32)23-13-16-27(17-14-23)37(25-8-4-2-5-9-25)26-10-6-3-7-11-26;/h2-21H,1H3;1H. The van der Waals surface area contributed by atoms with Gasteiger partial charge >= 0.3 is 0 Å². The smallest absolute Gasteiger partial charge is 0.258 e. The highest BCUT2D eigenvalue weighted by atomic mass is 79.9.